The quantitative estimate of drug-likeness (QED) is 0.188. The van der Waals surface area contributed by atoms with Crippen LogP contribution in [0.15, 0.2) is 113 Å². The summed E-state index contributed by atoms with van der Waals surface area (Å²) in [5, 5.41) is 6.72. The predicted octanol–water partition coefficient (Wildman–Crippen LogP) is 4.37. The third-order valence-electron chi connectivity index (χ3n) is 5.97. The molecular formula is C31H30N4O6S. The number of hydrogen-bond acceptors (Lipinski definition) is 7. The highest BCUT2D eigenvalue weighted by molar-refractivity contribution is 7.92. The molecule has 0 bridgehead atoms. The van der Waals surface area contributed by atoms with Crippen molar-refractivity contribution < 1.29 is 27.5 Å². The van der Waals surface area contributed by atoms with E-state index in [0.29, 0.717) is 28.4 Å². The molecule has 0 spiro atoms. The molecule has 0 unspecified atom stereocenters. The van der Waals surface area contributed by atoms with Gasteiger partial charge in [-0.2, -0.15) is 5.10 Å². The molecule has 4 aromatic rings. The first-order chi connectivity index (χ1) is 20.2. The molecule has 42 heavy (non-hydrogen) atoms. The van der Waals surface area contributed by atoms with Gasteiger partial charge in [-0.1, -0.05) is 35.9 Å². The van der Waals surface area contributed by atoms with Crippen molar-refractivity contribution in [2.45, 2.75) is 11.8 Å². The van der Waals surface area contributed by atoms with Crippen molar-refractivity contribution in [3.8, 4) is 11.5 Å². The number of carbonyl (C=O) groups is 2. The summed E-state index contributed by atoms with van der Waals surface area (Å²) in [5.74, 6) is 0.106. The fraction of sp³-hybridized carbons (Fsp3) is 0.129. The van der Waals surface area contributed by atoms with Gasteiger partial charge in [0.25, 0.3) is 21.8 Å². The van der Waals surface area contributed by atoms with Crippen LogP contribution < -0.4 is 24.5 Å². The molecule has 0 atom stereocenters. The van der Waals surface area contributed by atoms with E-state index in [9.17, 15) is 18.0 Å². The highest BCUT2D eigenvalue weighted by Gasteiger charge is 2.27. The Hall–Kier alpha value is -5.16. The highest BCUT2D eigenvalue weighted by atomic mass is 32.2. The number of sulfonamides is 1. The smallest absolute Gasteiger partial charge is 0.264 e. The molecule has 0 saturated carbocycles. The zero-order valence-electron chi connectivity index (χ0n) is 23.1. The lowest BCUT2D eigenvalue weighted by atomic mass is 10.2. The third-order valence-corrected chi connectivity index (χ3v) is 7.76. The summed E-state index contributed by atoms with van der Waals surface area (Å²) >= 11 is 0. The number of rotatable bonds is 12. The van der Waals surface area contributed by atoms with Crippen LogP contribution in [0.3, 0.4) is 0 Å². The van der Waals surface area contributed by atoms with E-state index in [1.165, 1.54) is 25.5 Å². The minimum Gasteiger partial charge on any atom is -0.497 e. The molecule has 0 fully saturated rings. The lowest BCUT2D eigenvalue weighted by molar-refractivity contribution is -0.119. The second-order valence-electron chi connectivity index (χ2n) is 9.09. The summed E-state index contributed by atoms with van der Waals surface area (Å²) in [4.78, 5) is 24.9. The number of methoxy groups -OCH3 is 1. The Balaban J connectivity index is 1.34. The second-order valence-corrected chi connectivity index (χ2v) is 11.0. The number of ether oxygens (including phenoxy) is 2. The van der Waals surface area contributed by atoms with Gasteiger partial charge in [0.05, 0.1) is 23.9 Å². The average Bonchev–Trinajstić information content (AvgIpc) is 3.01. The number of hydrogen-bond donors (Lipinski definition) is 2. The number of aryl methyl sites for hydroxylation is 1. The van der Waals surface area contributed by atoms with Gasteiger partial charge in [-0.05, 0) is 85.3 Å². The van der Waals surface area contributed by atoms with E-state index < -0.39 is 22.5 Å². The number of anilines is 2. The monoisotopic (exact) mass is 586 g/mol. The van der Waals surface area contributed by atoms with Crippen molar-refractivity contribution in [3.63, 3.8) is 0 Å². The topological polar surface area (TPSA) is 126 Å². The number of hydrazone groups is 1. The Morgan fingerprint density at radius 3 is 2.12 bits per heavy atom. The summed E-state index contributed by atoms with van der Waals surface area (Å²) in [6.07, 6.45) is 1.41. The van der Waals surface area contributed by atoms with Gasteiger partial charge in [-0.15, -0.1) is 0 Å². The van der Waals surface area contributed by atoms with E-state index in [1.807, 2.05) is 31.2 Å². The lowest BCUT2D eigenvalue weighted by Gasteiger charge is -2.23. The van der Waals surface area contributed by atoms with Crippen LogP contribution in [0.2, 0.25) is 0 Å². The van der Waals surface area contributed by atoms with Gasteiger partial charge in [-0.3, -0.25) is 13.9 Å². The fourth-order valence-corrected chi connectivity index (χ4v) is 5.20. The Labute approximate surface area is 244 Å². The Kier molecular flexibility index (Phi) is 9.90. The molecule has 11 heteroatoms. The van der Waals surface area contributed by atoms with Crippen molar-refractivity contribution in [3.05, 3.63) is 114 Å². The molecule has 4 rings (SSSR count). The number of amides is 2. The van der Waals surface area contributed by atoms with Gasteiger partial charge in [-0.25, -0.2) is 13.8 Å². The van der Waals surface area contributed by atoms with Crippen LogP contribution >= 0.6 is 0 Å². The van der Waals surface area contributed by atoms with Crippen LogP contribution in [-0.2, 0) is 19.6 Å². The molecule has 0 radical (unpaired) electrons. The van der Waals surface area contributed by atoms with E-state index in [0.717, 1.165) is 9.87 Å². The predicted molar refractivity (Wildman–Crippen MR) is 161 cm³/mol. The first kappa shape index (κ1) is 29.8. The number of nitrogens with zero attached hydrogens (tertiary/aromatic N) is 2. The molecule has 4 aromatic carbocycles. The zero-order valence-corrected chi connectivity index (χ0v) is 23.9. The largest absolute Gasteiger partial charge is 0.497 e. The SMILES string of the molecule is COc1ccc(N(CC(=O)N/N=C/c2ccc(OCC(=O)Nc3ccc(C)cc3)cc2)S(=O)(=O)c2ccccc2)cc1. The van der Waals surface area contributed by atoms with Crippen LogP contribution in [0.25, 0.3) is 0 Å². The molecule has 216 valence electrons. The first-order valence-corrected chi connectivity index (χ1v) is 14.3. The molecular weight excluding hydrogens is 556 g/mol. The molecule has 10 nitrogen and oxygen atoms in total. The van der Waals surface area contributed by atoms with Gasteiger partial charge in [0, 0.05) is 5.69 Å². The standard InChI is InChI=1S/C31H30N4O6S/c1-23-8-12-25(13-9-23)33-31(37)22-41-28-16-10-24(11-17-28)20-32-34-30(36)21-35(26-14-18-27(40-2)19-15-26)42(38,39)29-6-4-3-5-7-29/h3-20H,21-22H2,1-2H3,(H,33,37)(H,34,36)/b32-20+. The third kappa shape index (κ3) is 8.18. The summed E-state index contributed by atoms with van der Waals surface area (Å²) in [6, 6.07) is 28.4. The van der Waals surface area contributed by atoms with Crippen molar-refractivity contribution in [2.75, 3.05) is 29.9 Å². The van der Waals surface area contributed by atoms with Gasteiger partial charge in [0.15, 0.2) is 6.61 Å². The van der Waals surface area contributed by atoms with Crippen LogP contribution in [0, 0.1) is 6.92 Å². The van der Waals surface area contributed by atoms with Crippen LogP contribution in [-0.4, -0.2) is 46.7 Å². The van der Waals surface area contributed by atoms with E-state index in [-0.39, 0.29) is 17.4 Å². The maximum atomic E-state index is 13.4. The van der Waals surface area contributed by atoms with Crippen LogP contribution in [0.4, 0.5) is 11.4 Å². The number of benzene rings is 4. The maximum absolute atomic E-state index is 13.4. The number of carbonyl (C=O) groups excluding carboxylic acids is 2. The molecule has 0 aromatic heterocycles. The normalized spacial score (nSPS) is 11.1. The minimum atomic E-state index is -4.04. The Morgan fingerprint density at radius 2 is 1.48 bits per heavy atom. The summed E-state index contributed by atoms with van der Waals surface area (Å²) in [5.41, 5.74) is 5.10. The van der Waals surface area contributed by atoms with E-state index in [4.69, 9.17) is 9.47 Å². The summed E-state index contributed by atoms with van der Waals surface area (Å²) in [6.45, 7) is 1.31. The molecule has 2 amide bonds. The molecule has 0 heterocycles. The van der Waals surface area contributed by atoms with Crippen molar-refractivity contribution in [1.82, 2.24) is 5.43 Å². The molecule has 2 N–H and O–H groups in total. The van der Waals surface area contributed by atoms with Gasteiger partial charge < -0.3 is 14.8 Å². The molecule has 0 saturated heterocycles. The molecule has 0 aliphatic carbocycles. The van der Waals surface area contributed by atoms with Gasteiger partial charge in [0.2, 0.25) is 0 Å². The highest BCUT2D eigenvalue weighted by Crippen LogP contribution is 2.25. The Bertz CT molecular complexity index is 1620. The van der Waals surface area contributed by atoms with Crippen molar-refractivity contribution >= 4 is 39.4 Å². The van der Waals surface area contributed by atoms with Crippen molar-refractivity contribution in [1.29, 1.82) is 0 Å². The van der Waals surface area contributed by atoms with Gasteiger partial charge in [0.1, 0.15) is 18.0 Å². The van der Waals surface area contributed by atoms with Crippen LogP contribution in [0.5, 0.6) is 11.5 Å². The van der Waals surface area contributed by atoms with E-state index >= 15 is 0 Å². The second kappa shape index (κ2) is 14.0. The minimum absolute atomic E-state index is 0.0482. The van der Waals surface area contributed by atoms with Gasteiger partial charge >= 0.3 is 0 Å². The maximum Gasteiger partial charge on any atom is 0.264 e. The van der Waals surface area contributed by atoms with E-state index in [2.05, 4.69) is 15.8 Å². The Morgan fingerprint density at radius 1 is 0.833 bits per heavy atom. The zero-order chi connectivity index (χ0) is 30.0. The fourth-order valence-electron chi connectivity index (χ4n) is 3.76. The number of nitrogens with one attached hydrogen (secondary N) is 2. The summed E-state index contributed by atoms with van der Waals surface area (Å²) < 4.78 is 38.5. The van der Waals surface area contributed by atoms with Crippen molar-refractivity contribution in [2.24, 2.45) is 5.10 Å². The average molecular weight is 587 g/mol. The lowest BCUT2D eigenvalue weighted by Crippen LogP contribution is -2.39. The van der Waals surface area contributed by atoms with Crippen LogP contribution in [0.1, 0.15) is 11.1 Å². The molecule has 0 aliphatic rings. The molecule has 0 aliphatic heterocycles. The summed E-state index contributed by atoms with van der Waals surface area (Å²) in [7, 11) is -2.54. The van der Waals surface area contributed by atoms with E-state index in [1.54, 1.807) is 66.7 Å². The first-order valence-electron chi connectivity index (χ1n) is 12.9.